The maximum Gasteiger partial charge on any atom is 0.0647 e. The summed E-state index contributed by atoms with van der Waals surface area (Å²) in [4.78, 5) is 0. The Labute approximate surface area is 116 Å². The standard InChI is InChI=1S/C15H17BrN2/c1-3-11-9-12(16)7-8-14(11)18-15-10(2)5-4-6-13(15)17/h4-9,18H,3,17H2,1-2H3. The number of hydrogen-bond acceptors (Lipinski definition) is 2. The van der Waals surface area contributed by atoms with Gasteiger partial charge in [-0.1, -0.05) is 35.0 Å². The first-order valence-corrected chi connectivity index (χ1v) is 6.81. The first-order chi connectivity index (χ1) is 8.61. The Morgan fingerprint density at radius 2 is 2.00 bits per heavy atom. The third kappa shape index (κ3) is 2.67. The summed E-state index contributed by atoms with van der Waals surface area (Å²) in [5.41, 5.74) is 11.3. The van der Waals surface area contributed by atoms with Crippen molar-refractivity contribution in [2.75, 3.05) is 11.1 Å². The molecule has 0 radical (unpaired) electrons. The highest BCUT2D eigenvalue weighted by Crippen LogP contribution is 2.30. The molecule has 0 fully saturated rings. The average Bonchev–Trinajstić information content (AvgIpc) is 2.35. The smallest absolute Gasteiger partial charge is 0.0647 e. The number of para-hydroxylation sites is 1. The Morgan fingerprint density at radius 3 is 2.67 bits per heavy atom. The first-order valence-electron chi connectivity index (χ1n) is 6.02. The van der Waals surface area contributed by atoms with E-state index >= 15 is 0 Å². The van der Waals surface area contributed by atoms with Crippen LogP contribution < -0.4 is 11.1 Å². The summed E-state index contributed by atoms with van der Waals surface area (Å²) in [6.45, 7) is 4.21. The summed E-state index contributed by atoms with van der Waals surface area (Å²) in [7, 11) is 0. The molecule has 0 aromatic heterocycles. The highest BCUT2D eigenvalue weighted by Gasteiger charge is 2.06. The second kappa shape index (κ2) is 5.44. The second-order valence-electron chi connectivity index (χ2n) is 4.32. The van der Waals surface area contributed by atoms with Gasteiger partial charge < -0.3 is 11.1 Å². The van der Waals surface area contributed by atoms with Gasteiger partial charge in [-0.2, -0.15) is 0 Å². The number of nitrogens with one attached hydrogen (secondary N) is 1. The number of hydrogen-bond donors (Lipinski definition) is 2. The van der Waals surface area contributed by atoms with Gasteiger partial charge in [0.25, 0.3) is 0 Å². The molecule has 0 saturated heterocycles. The van der Waals surface area contributed by atoms with Crippen molar-refractivity contribution < 1.29 is 0 Å². The summed E-state index contributed by atoms with van der Waals surface area (Å²) in [6.07, 6.45) is 0.980. The monoisotopic (exact) mass is 304 g/mol. The molecule has 2 nitrogen and oxygen atoms in total. The fourth-order valence-corrected chi connectivity index (χ4v) is 2.38. The van der Waals surface area contributed by atoms with Crippen LogP contribution >= 0.6 is 15.9 Å². The number of halogens is 1. The van der Waals surface area contributed by atoms with Crippen LogP contribution in [-0.2, 0) is 6.42 Å². The number of anilines is 3. The van der Waals surface area contributed by atoms with Crippen molar-refractivity contribution in [3.63, 3.8) is 0 Å². The molecule has 2 aromatic rings. The molecule has 0 unspecified atom stereocenters. The molecule has 2 aromatic carbocycles. The van der Waals surface area contributed by atoms with Crippen molar-refractivity contribution in [3.8, 4) is 0 Å². The molecule has 0 saturated carbocycles. The van der Waals surface area contributed by atoms with Gasteiger partial charge in [-0.05, 0) is 48.7 Å². The summed E-state index contributed by atoms with van der Waals surface area (Å²) in [5.74, 6) is 0. The van der Waals surface area contributed by atoms with E-state index in [4.69, 9.17) is 5.73 Å². The number of aryl methyl sites for hydroxylation is 2. The van der Waals surface area contributed by atoms with Crippen LogP contribution in [0.25, 0.3) is 0 Å². The quantitative estimate of drug-likeness (QED) is 0.810. The van der Waals surface area contributed by atoms with Gasteiger partial charge in [-0.15, -0.1) is 0 Å². The zero-order valence-electron chi connectivity index (χ0n) is 10.6. The van der Waals surface area contributed by atoms with Crippen molar-refractivity contribution in [3.05, 3.63) is 52.0 Å². The molecule has 94 valence electrons. The van der Waals surface area contributed by atoms with Crippen LogP contribution in [0.1, 0.15) is 18.1 Å². The van der Waals surface area contributed by atoms with Gasteiger partial charge in [-0.25, -0.2) is 0 Å². The Morgan fingerprint density at radius 1 is 1.22 bits per heavy atom. The van der Waals surface area contributed by atoms with E-state index in [1.54, 1.807) is 0 Å². The Kier molecular flexibility index (Phi) is 3.92. The van der Waals surface area contributed by atoms with Crippen molar-refractivity contribution >= 4 is 33.0 Å². The second-order valence-corrected chi connectivity index (χ2v) is 5.23. The van der Waals surface area contributed by atoms with Crippen LogP contribution in [0, 0.1) is 6.92 Å². The van der Waals surface area contributed by atoms with E-state index in [9.17, 15) is 0 Å². The van der Waals surface area contributed by atoms with Gasteiger partial charge in [-0.3, -0.25) is 0 Å². The van der Waals surface area contributed by atoms with E-state index in [1.165, 1.54) is 5.56 Å². The van der Waals surface area contributed by atoms with E-state index < -0.39 is 0 Å². The molecule has 0 atom stereocenters. The van der Waals surface area contributed by atoms with E-state index in [0.717, 1.165) is 33.5 Å². The normalized spacial score (nSPS) is 10.4. The predicted molar refractivity (Wildman–Crippen MR) is 82.4 cm³/mol. The number of nitrogen functional groups attached to an aromatic ring is 1. The van der Waals surface area contributed by atoms with E-state index in [1.807, 2.05) is 18.2 Å². The minimum atomic E-state index is 0.778. The van der Waals surface area contributed by atoms with Gasteiger partial charge in [0.05, 0.1) is 11.4 Å². The lowest BCUT2D eigenvalue weighted by molar-refractivity contribution is 1.14. The Bertz CT molecular complexity index is 544. The fourth-order valence-electron chi connectivity index (χ4n) is 1.97. The maximum atomic E-state index is 6.02. The van der Waals surface area contributed by atoms with Crippen molar-refractivity contribution in [2.24, 2.45) is 0 Å². The highest BCUT2D eigenvalue weighted by molar-refractivity contribution is 9.10. The van der Waals surface area contributed by atoms with Gasteiger partial charge in [0.1, 0.15) is 0 Å². The number of benzene rings is 2. The molecule has 0 heterocycles. The molecule has 0 spiro atoms. The van der Waals surface area contributed by atoms with Crippen LogP contribution in [-0.4, -0.2) is 0 Å². The summed E-state index contributed by atoms with van der Waals surface area (Å²) in [6, 6.07) is 12.2. The maximum absolute atomic E-state index is 6.02. The minimum Gasteiger partial charge on any atom is -0.397 e. The summed E-state index contributed by atoms with van der Waals surface area (Å²) in [5, 5.41) is 3.44. The van der Waals surface area contributed by atoms with Crippen LogP contribution in [0.3, 0.4) is 0 Å². The number of nitrogens with two attached hydrogens (primary N) is 1. The Balaban J connectivity index is 2.40. The molecule has 2 rings (SSSR count). The molecular weight excluding hydrogens is 288 g/mol. The van der Waals surface area contributed by atoms with Crippen LogP contribution in [0.4, 0.5) is 17.1 Å². The minimum absolute atomic E-state index is 0.778. The topological polar surface area (TPSA) is 38.0 Å². The van der Waals surface area contributed by atoms with E-state index in [-0.39, 0.29) is 0 Å². The molecular formula is C15H17BrN2. The van der Waals surface area contributed by atoms with Crippen molar-refractivity contribution in [2.45, 2.75) is 20.3 Å². The lowest BCUT2D eigenvalue weighted by Crippen LogP contribution is -2.01. The molecule has 0 amide bonds. The fraction of sp³-hybridized carbons (Fsp3) is 0.200. The summed E-state index contributed by atoms with van der Waals surface area (Å²) < 4.78 is 1.10. The third-order valence-electron chi connectivity index (χ3n) is 3.01. The molecule has 3 N–H and O–H groups in total. The lowest BCUT2D eigenvalue weighted by atomic mass is 10.1. The average molecular weight is 305 g/mol. The summed E-state index contributed by atoms with van der Waals surface area (Å²) >= 11 is 3.50. The Hall–Kier alpha value is -1.48. The van der Waals surface area contributed by atoms with Crippen LogP contribution in [0.15, 0.2) is 40.9 Å². The number of rotatable bonds is 3. The first kappa shape index (κ1) is 13.0. The highest BCUT2D eigenvalue weighted by atomic mass is 79.9. The van der Waals surface area contributed by atoms with Gasteiger partial charge >= 0.3 is 0 Å². The predicted octanol–water partition coefficient (Wildman–Crippen LogP) is 4.65. The van der Waals surface area contributed by atoms with Crippen LogP contribution in [0.5, 0.6) is 0 Å². The molecule has 0 aliphatic carbocycles. The third-order valence-corrected chi connectivity index (χ3v) is 3.51. The molecule has 0 aliphatic rings. The molecule has 0 aliphatic heterocycles. The van der Waals surface area contributed by atoms with Crippen molar-refractivity contribution in [1.29, 1.82) is 0 Å². The van der Waals surface area contributed by atoms with Crippen LogP contribution in [0.2, 0.25) is 0 Å². The molecule has 3 heteroatoms. The van der Waals surface area contributed by atoms with Gasteiger partial charge in [0, 0.05) is 10.2 Å². The van der Waals surface area contributed by atoms with Gasteiger partial charge in [0.15, 0.2) is 0 Å². The molecule has 0 bridgehead atoms. The van der Waals surface area contributed by atoms with E-state index in [2.05, 4.69) is 53.3 Å². The zero-order valence-corrected chi connectivity index (χ0v) is 12.2. The van der Waals surface area contributed by atoms with Gasteiger partial charge in [0.2, 0.25) is 0 Å². The van der Waals surface area contributed by atoms with E-state index in [0.29, 0.717) is 0 Å². The SMILES string of the molecule is CCc1cc(Br)ccc1Nc1c(C)cccc1N. The van der Waals surface area contributed by atoms with Crippen molar-refractivity contribution in [1.82, 2.24) is 0 Å². The largest absolute Gasteiger partial charge is 0.397 e. The molecule has 18 heavy (non-hydrogen) atoms. The lowest BCUT2D eigenvalue weighted by Gasteiger charge is -2.15. The zero-order chi connectivity index (χ0) is 13.1.